The van der Waals surface area contributed by atoms with Gasteiger partial charge in [0.2, 0.25) is 0 Å². The number of rotatable bonds is 4. The van der Waals surface area contributed by atoms with E-state index in [1.54, 1.807) is 15.6 Å². The maximum absolute atomic E-state index is 12.9. The Labute approximate surface area is 155 Å². The molecule has 0 unspecified atom stereocenters. The number of nitrogens with zero attached hydrogens (tertiary/aromatic N) is 6. The van der Waals surface area contributed by atoms with Crippen LogP contribution in [0.25, 0.3) is 16.9 Å². The van der Waals surface area contributed by atoms with Crippen LogP contribution in [-0.4, -0.2) is 30.6 Å². The molecule has 26 heavy (non-hydrogen) atoms. The largest absolute Gasteiger partial charge is 0.278 e. The summed E-state index contributed by atoms with van der Waals surface area (Å²) in [4.78, 5) is 26.3. The van der Waals surface area contributed by atoms with Crippen LogP contribution in [0.15, 0.2) is 34.3 Å². The summed E-state index contributed by atoms with van der Waals surface area (Å²) in [5.74, 6) is 0.553. The van der Waals surface area contributed by atoms with Crippen molar-refractivity contribution in [2.45, 2.75) is 44.3 Å². The smallest absolute Gasteiger partial charge is 0.267 e. The Kier molecular flexibility index (Phi) is 4.59. The number of fused-ring (bicyclic) bond motifs is 1. The zero-order valence-electron chi connectivity index (χ0n) is 15.4. The molecule has 0 radical (unpaired) electrons. The van der Waals surface area contributed by atoms with Crippen molar-refractivity contribution >= 4 is 22.8 Å². The SMILES string of the molecule is CSc1ncc2c(=O)n(C(C)C)n(-c3cccc(C(C)(C)C#N)n3)c2n1. The summed E-state index contributed by atoms with van der Waals surface area (Å²) >= 11 is 1.41. The second kappa shape index (κ2) is 6.57. The van der Waals surface area contributed by atoms with Crippen LogP contribution in [0, 0.1) is 11.3 Å². The Balaban J connectivity index is 2.38. The first-order chi connectivity index (χ1) is 12.3. The van der Waals surface area contributed by atoms with E-state index in [2.05, 4.69) is 21.0 Å². The lowest BCUT2D eigenvalue weighted by atomic mass is 9.91. The van der Waals surface area contributed by atoms with Crippen LogP contribution in [-0.2, 0) is 5.41 Å². The fourth-order valence-electron chi connectivity index (χ4n) is 2.72. The molecule has 0 atom stereocenters. The molecule has 8 heteroatoms. The average Bonchev–Trinajstić information content (AvgIpc) is 2.94. The molecular weight excluding hydrogens is 348 g/mol. The van der Waals surface area contributed by atoms with Crippen molar-refractivity contribution in [1.82, 2.24) is 24.3 Å². The molecule has 3 rings (SSSR count). The number of pyridine rings is 1. The van der Waals surface area contributed by atoms with Gasteiger partial charge in [0.1, 0.15) is 5.39 Å². The third-order valence-corrected chi connectivity index (χ3v) is 4.71. The third-order valence-electron chi connectivity index (χ3n) is 4.14. The van der Waals surface area contributed by atoms with Crippen molar-refractivity contribution in [3.63, 3.8) is 0 Å². The van der Waals surface area contributed by atoms with E-state index in [0.29, 0.717) is 27.7 Å². The van der Waals surface area contributed by atoms with Crippen LogP contribution in [0.4, 0.5) is 0 Å². The highest BCUT2D eigenvalue weighted by molar-refractivity contribution is 7.98. The molecule has 0 amide bonds. The Morgan fingerprint density at radius 3 is 2.62 bits per heavy atom. The molecule has 0 aromatic carbocycles. The summed E-state index contributed by atoms with van der Waals surface area (Å²) in [5, 5.41) is 10.5. The maximum atomic E-state index is 12.9. The molecular formula is C18H20N6OS. The number of nitriles is 1. The van der Waals surface area contributed by atoms with Crippen molar-refractivity contribution in [1.29, 1.82) is 5.26 Å². The highest BCUT2D eigenvalue weighted by atomic mass is 32.2. The van der Waals surface area contributed by atoms with E-state index in [1.165, 1.54) is 11.8 Å². The van der Waals surface area contributed by atoms with Crippen LogP contribution in [0.2, 0.25) is 0 Å². The summed E-state index contributed by atoms with van der Waals surface area (Å²) in [6.07, 6.45) is 3.45. The molecule has 0 N–H and O–H groups in total. The van der Waals surface area contributed by atoms with Gasteiger partial charge in [-0.25, -0.2) is 24.3 Å². The minimum atomic E-state index is -0.735. The lowest BCUT2D eigenvalue weighted by Gasteiger charge is -2.18. The van der Waals surface area contributed by atoms with Gasteiger partial charge in [-0.2, -0.15) is 5.26 Å². The summed E-state index contributed by atoms with van der Waals surface area (Å²) in [6.45, 7) is 7.50. The van der Waals surface area contributed by atoms with E-state index < -0.39 is 5.41 Å². The van der Waals surface area contributed by atoms with Crippen molar-refractivity contribution in [3.8, 4) is 11.9 Å². The number of aromatic nitrogens is 5. The average molecular weight is 368 g/mol. The van der Waals surface area contributed by atoms with Crippen LogP contribution >= 0.6 is 11.8 Å². The van der Waals surface area contributed by atoms with Gasteiger partial charge in [-0.15, -0.1) is 0 Å². The highest BCUT2D eigenvalue weighted by Crippen LogP contribution is 2.23. The molecule has 3 heterocycles. The van der Waals surface area contributed by atoms with Gasteiger partial charge >= 0.3 is 0 Å². The minimum absolute atomic E-state index is 0.0936. The van der Waals surface area contributed by atoms with E-state index in [0.717, 1.165) is 0 Å². The Hall–Kier alpha value is -2.66. The molecule has 3 aromatic rings. The van der Waals surface area contributed by atoms with Crippen LogP contribution in [0.1, 0.15) is 39.4 Å². The van der Waals surface area contributed by atoms with Crippen molar-refractivity contribution in [2.24, 2.45) is 0 Å². The van der Waals surface area contributed by atoms with Crippen LogP contribution in [0.5, 0.6) is 0 Å². The maximum Gasteiger partial charge on any atom is 0.278 e. The Morgan fingerprint density at radius 2 is 2.00 bits per heavy atom. The lowest BCUT2D eigenvalue weighted by Crippen LogP contribution is -2.25. The first-order valence-electron chi connectivity index (χ1n) is 8.23. The predicted octanol–water partition coefficient (Wildman–Crippen LogP) is 3.08. The summed E-state index contributed by atoms with van der Waals surface area (Å²) in [6, 6.07) is 7.65. The van der Waals surface area contributed by atoms with Crippen LogP contribution in [0.3, 0.4) is 0 Å². The fourth-order valence-corrected chi connectivity index (χ4v) is 3.05. The molecule has 0 aliphatic heterocycles. The molecule has 7 nitrogen and oxygen atoms in total. The molecule has 0 aliphatic carbocycles. The standard InChI is InChI=1S/C18H20N6OS/c1-11(2)23-16(25)12-9-20-17(26-5)22-15(12)24(23)14-8-6-7-13(21-14)18(3,4)10-19/h6-9,11H,1-5H3. The van der Waals surface area contributed by atoms with E-state index in [1.807, 2.05) is 52.1 Å². The zero-order chi connectivity index (χ0) is 19.1. The van der Waals surface area contributed by atoms with Gasteiger partial charge in [0.25, 0.3) is 5.56 Å². The molecule has 134 valence electrons. The summed E-state index contributed by atoms with van der Waals surface area (Å²) < 4.78 is 3.34. The lowest BCUT2D eigenvalue weighted by molar-refractivity contribution is 0.470. The van der Waals surface area contributed by atoms with Gasteiger partial charge < -0.3 is 0 Å². The Morgan fingerprint density at radius 1 is 1.27 bits per heavy atom. The number of thioether (sulfide) groups is 1. The first kappa shape index (κ1) is 18.1. The first-order valence-corrected chi connectivity index (χ1v) is 9.46. The monoisotopic (exact) mass is 368 g/mol. The van der Waals surface area contributed by atoms with Crippen molar-refractivity contribution < 1.29 is 0 Å². The zero-order valence-corrected chi connectivity index (χ0v) is 16.2. The molecule has 0 aliphatic rings. The molecule has 0 fully saturated rings. The van der Waals surface area contributed by atoms with Gasteiger partial charge in [0, 0.05) is 12.2 Å². The second-order valence-electron chi connectivity index (χ2n) is 6.77. The quantitative estimate of drug-likeness (QED) is 0.519. The molecule has 0 saturated carbocycles. The van der Waals surface area contributed by atoms with Gasteiger partial charge in [0.05, 0.1) is 17.2 Å². The molecule has 3 aromatic heterocycles. The third kappa shape index (κ3) is 2.88. The number of hydrogen-bond acceptors (Lipinski definition) is 6. The topological polar surface area (TPSA) is 89.4 Å². The van der Waals surface area contributed by atoms with E-state index >= 15 is 0 Å². The van der Waals surface area contributed by atoms with E-state index in [-0.39, 0.29) is 11.6 Å². The van der Waals surface area contributed by atoms with Gasteiger partial charge in [-0.3, -0.25) is 4.79 Å². The second-order valence-corrected chi connectivity index (χ2v) is 7.54. The molecule has 0 saturated heterocycles. The van der Waals surface area contributed by atoms with Gasteiger partial charge in [-0.05, 0) is 46.1 Å². The van der Waals surface area contributed by atoms with E-state index in [4.69, 9.17) is 0 Å². The number of hydrogen-bond donors (Lipinski definition) is 0. The highest BCUT2D eigenvalue weighted by Gasteiger charge is 2.24. The Bertz CT molecular complexity index is 1070. The van der Waals surface area contributed by atoms with Crippen LogP contribution < -0.4 is 5.56 Å². The van der Waals surface area contributed by atoms with Gasteiger partial charge in [0.15, 0.2) is 16.6 Å². The molecule has 0 spiro atoms. The van der Waals surface area contributed by atoms with Gasteiger partial charge in [-0.1, -0.05) is 17.8 Å². The normalized spacial score (nSPS) is 11.9. The van der Waals surface area contributed by atoms with Crippen molar-refractivity contribution in [3.05, 3.63) is 40.4 Å². The fraction of sp³-hybridized carbons (Fsp3) is 0.389. The predicted molar refractivity (Wildman–Crippen MR) is 102 cm³/mol. The minimum Gasteiger partial charge on any atom is -0.267 e. The molecule has 0 bridgehead atoms. The van der Waals surface area contributed by atoms with Crippen molar-refractivity contribution in [2.75, 3.05) is 6.26 Å². The summed E-state index contributed by atoms with van der Waals surface area (Å²) in [5.41, 5.74) is 0.263. The van der Waals surface area contributed by atoms with E-state index in [9.17, 15) is 10.1 Å². The summed E-state index contributed by atoms with van der Waals surface area (Å²) in [7, 11) is 0.